The number of nitrogens with zero attached hydrogens (tertiary/aromatic N) is 2. The van der Waals surface area contributed by atoms with Gasteiger partial charge in [-0.05, 0) is 49.2 Å². The van der Waals surface area contributed by atoms with Crippen molar-refractivity contribution in [2.75, 3.05) is 5.32 Å². The molecule has 1 amide bonds. The van der Waals surface area contributed by atoms with E-state index in [1.54, 1.807) is 6.07 Å². The molecule has 0 unspecified atom stereocenters. The standard InChI is InChI=1S/C17H16ClN3O/c1-11-4-3-7-21-10-14(19-17(11)21)9-16(22)20-15-6-5-13(18)8-12(15)2/h3-8,10H,9H2,1-2H3,(H,20,22). The highest BCUT2D eigenvalue weighted by atomic mass is 35.5. The molecule has 0 bridgehead atoms. The zero-order valence-electron chi connectivity index (χ0n) is 12.4. The SMILES string of the molecule is Cc1cc(Cl)ccc1NC(=O)Cc1cn2cccc(C)c2n1. The van der Waals surface area contributed by atoms with Crippen LogP contribution < -0.4 is 5.32 Å². The van der Waals surface area contributed by atoms with Crippen LogP contribution in [0.3, 0.4) is 0 Å². The fraction of sp³-hybridized carbons (Fsp3) is 0.176. The molecule has 0 saturated heterocycles. The van der Waals surface area contributed by atoms with Gasteiger partial charge in [0.15, 0.2) is 0 Å². The molecule has 2 aromatic heterocycles. The Bertz CT molecular complexity index is 854. The summed E-state index contributed by atoms with van der Waals surface area (Å²) in [5.41, 5.74) is 4.43. The lowest BCUT2D eigenvalue weighted by molar-refractivity contribution is -0.115. The van der Waals surface area contributed by atoms with E-state index in [-0.39, 0.29) is 12.3 Å². The summed E-state index contributed by atoms with van der Waals surface area (Å²) in [6.45, 7) is 3.92. The Morgan fingerprint density at radius 2 is 2.09 bits per heavy atom. The zero-order chi connectivity index (χ0) is 15.7. The summed E-state index contributed by atoms with van der Waals surface area (Å²) in [7, 11) is 0. The minimum Gasteiger partial charge on any atom is -0.326 e. The number of benzene rings is 1. The van der Waals surface area contributed by atoms with Crippen molar-refractivity contribution in [2.45, 2.75) is 20.3 Å². The Hall–Kier alpha value is -2.33. The lowest BCUT2D eigenvalue weighted by Gasteiger charge is -2.07. The molecular formula is C17H16ClN3O. The van der Waals surface area contributed by atoms with Crippen LogP contribution in [-0.4, -0.2) is 15.3 Å². The van der Waals surface area contributed by atoms with Crippen LogP contribution in [0, 0.1) is 13.8 Å². The number of anilines is 1. The molecule has 0 aliphatic carbocycles. The summed E-state index contributed by atoms with van der Waals surface area (Å²) < 4.78 is 1.94. The second-order valence-corrected chi connectivity index (χ2v) is 5.77. The van der Waals surface area contributed by atoms with Gasteiger partial charge in [-0.15, -0.1) is 0 Å². The average molecular weight is 314 g/mol. The normalized spacial score (nSPS) is 10.9. The molecule has 1 aromatic carbocycles. The van der Waals surface area contributed by atoms with Gasteiger partial charge in [0.1, 0.15) is 5.65 Å². The second kappa shape index (κ2) is 5.81. The predicted molar refractivity (Wildman–Crippen MR) is 88.5 cm³/mol. The first-order valence-corrected chi connectivity index (χ1v) is 7.40. The van der Waals surface area contributed by atoms with Gasteiger partial charge in [-0.3, -0.25) is 4.79 Å². The van der Waals surface area contributed by atoms with Crippen LogP contribution >= 0.6 is 11.6 Å². The van der Waals surface area contributed by atoms with Crippen molar-refractivity contribution < 1.29 is 4.79 Å². The van der Waals surface area contributed by atoms with E-state index >= 15 is 0 Å². The molecule has 3 aromatic rings. The average Bonchev–Trinajstić information content (AvgIpc) is 2.86. The Balaban J connectivity index is 1.77. The highest BCUT2D eigenvalue weighted by Gasteiger charge is 2.10. The van der Waals surface area contributed by atoms with Crippen molar-refractivity contribution in [3.63, 3.8) is 0 Å². The van der Waals surface area contributed by atoms with Crippen molar-refractivity contribution in [3.8, 4) is 0 Å². The fourth-order valence-corrected chi connectivity index (χ4v) is 2.64. The van der Waals surface area contributed by atoms with Crippen LogP contribution in [0.5, 0.6) is 0 Å². The molecule has 0 spiro atoms. The predicted octanol–water partition coefficient (Wildman–Crippen LogP) is 3.79. The fourth-order valence-electron chi connectivity index (χ4n) is 2.42. The molecule has 0 radical (unpaired) electrons. The van der Waals surface area contributed by atoms with Crippen LogP contribution in [0.25, 0.3) is 5.65 Å². The Morgan fingerprint density at radius 3 is 2.82 bits per heavy atom. The summed E-state index contributed by atoms with van der Waals surface area (Å²) in [6, 6.07) is 9.36. The van der Waals surface area contributed by atoms with Gasteiger partial charge in [0.05, 0.1) is 12.1 Å². The van der Waals surface area contributed by atoms with Crippen molar-refractivity contribution >= 4 is 28.8 Å². The number of rotatable bonds is 3. The maximum Gasteiger partial charge on any atom is 0.230 e. The molecule has 0 aliphatic heterocycles. The molecule has 1 N–H and O–H groups in total. The molecular weight excluding hydrogens is 298 g/mol. The number of hydrogen-bond acceptors (Lipinski definition) is 2. The summed E-state index contributed by atoms with van der Waals surface area (Å²) >= 11 is 5.92. The molecule has 2 heterocycles. The van der Waals surface area contributed by atoms with Gasteiger partial charge in [-0.1, -0.05) is 17.7 Å². The first kappa shape index (κ1) is 14.6. The minimum atomic E-state index is -0.0912. The van der Waals surface area contributed by atoms with Gasteiger partial charge in [0.2, 0.25) is 5.91 Å². The van der Waals surface area contributed by atoms with E-state index in [2.05, 4.69) is 10.3 Å². The number of carbonyl (C=O) groups is 1. The number of nitrogens with one attached hydrogen (secondary N) is 1. The summed E-state index contributed by atoms with van der Waals surface area (Å²) in [4.78, 5) is 16.7. The maximum absolute atomic E-state index is 12.2. The van der Waals surface area contributed by atoms with Crippen LogP contribution in [0.4, 0.5) is 5.69 Å². The lowest BCUT2D eigenvalue weighted by Crippen LogP contribution is -2.15. The van der Waals surface area contributed by atoms with Crippen molar-refractivity contribution in [2.24, 2.45) is 0 Å². The van der Waals surface area contributed by atoms with Gasteiger partial charge >= 0.3 is 0 Å². The number of aromatic nitrogens is 2. The van der Waals surface area contributed by atoms with E-state index in [1.165, 1.54) is 0 Å². The van der Waals surface area contributed by atoms with Gasteiger partial charge in [0.25, 0.3) is 0 Å². The topological polar surface area (TPSA) is 46.4 Å². The van der Waals surface area contributed by atoms with Gasteiger partial charge in [0, 0.05) is 23.1 Å². The number of halogens is 1. The van der Waals surface area contributed by atoms with Crippen LogP contribution in [-0.2, 0) is 11.2 Å². The maximum atomic E-state index is 12.2. The third-order valence-electron chi connectivity index (χ3n) is 3.53. The molecule has 0 fully saturated rings. The Kier molecular flexibility index (Phi) is 3.86. The van der Waals surface area contributed by atoms with Gasteiger partial charge in [-0.25, -0.2) is 4.98 Å². The molecule has 0 saturated carbocycles. The number of aryl methyl sites for hydroxylation is 2. The summed E-state index contributed by atoms with van der Waals surface area (Å²) in [5.74, 6) is -0.0912. The molecule has 0 atom stereocenters. The number of pyridine rings is 1. The Labute approximate surface area is 133 Å². The minimum absolute atomic E-state index is 0.0912. The third-order valence-corrected chi connectivity index (χ3v) is 3.77. The highest BCUT2D eigenvalue weighted by Crippen LogP contribution is 2.20. The largest absolute Gasteiger partial charge is 0.326 e. The number of carbonyl (C=O) groups excluding carboxylic acids is 1. The van der Waals surface area contributed by atoms with E-state index in [4.69, 9.17) is 11.6 Å². The van der Waals surface area contributed by atoms with Crippen LogP contribution in [0.2, 0.25) is 5.02 Å². The van der Waals surface area contributed by atoms with E-state index in [9.17, 15) is 4.79 Å². The molecule has 22 heavy (non-hydrogen) atoms. The van der Waals surface area contributed by atoms with Crippen molar-refractivity contribution in [3.05, 3.63) is 64.6 Å². The first-order chi connectivity index (χ1) is 10.5. The van der Waals surface area contributed by atoms with E-state index in [0.29, 0.717) is 5.02 Å². The molecule has 5 heteroatoms. The number of fused-ring (bicyclic) bond motifs is 1. The van der Waals surface area contributed by atoms with E-state index < -0.39 is 0 Å². The lowest BCUT2D eigenvalue weighted by atomic mass is 10.2. The Morgan fingerprint density at radius 1 is 1.27 bits per heavy atom. The second-order valence-electron chi connectivity index (χ2n) is 5.34. The van der Waals surface area contributed by atoms with Gasteiger partial charge in [-0.2, -0.15) is 0 Å². The smallest absolute Gasteiger partial charge is 0.230 e. The monoisotopic (exact) mass is 313 g/mol. The van der Waals surface area contributed by atoms with E-state index in [0.717, 1.165) is 28.2 Å². The van der Waals surface area contributed by atoms with Crippen molar-refractivity contribution in [1.82, 2.24) is 9.38 Å². The first-order valence-electron chi connectivity index (χ1n) is 7.02. The highest BCUT2D eigenvalue weighted by molar-refractivity contribution is 6.30. The molecule has 3 rings (SSSR count). The summed E-state index contributed by atoms with van der Waals surface area (Å²) in [6.07, 6.45) is 4.06. The zero-order valence-corrected chi connectivity index (χ0v) is 13.2. The number of imidazole rings is 1. The van der Waals surface area contributed by atoms with Crippen LogP contribution in [0.15, 0.2) is 42.7 Å². The molecule has 4 nitrogen and oxygen atoms in total. The van der Waals surface area contributed by atoms with Crippen LogP contribution in [0.1, 0.15) is 16.8 Å². The van der Waals surface area contributed by atoms with E-state index in [1.807, 2.05) is 54.9 Å². The van der Waals surface area contributed by atoms with Crippen molar-refractivity contribution in [1.29, 1.82) is 0 Å². The number of amides is 1. The molecule has 112 valence electrons. The third kappa shape index (κ3) is 2.97. The molecule has 0 aliphatic rings. The van der Waals surface area contributed by atoms with Gasteiger partial charge < -0.3 is 9.72 Å². The quantitative estimate of drug-likeness (QED) is 0.799. The number of hydrogen-bond donors (Lipinski definition) is 1. The summed E-state index contributed by atoms with van der Waals surface area (Å²) in [5, 5.41) is 3.56.